The Morgan fingerprint density at radius 2 is 2.00 bits per heavy atom. The molecule has 0 aliphatic carbocycles. The zero-order valence-corrected chi connectivity index (χ0v) is 11.8. The molecule has 18 heavy (non-hydrogen) atoms. The second kappa shape index (κ2) is 5.98. The summed E-state index contributed by atoms with van der Waals surface area (Å²) in [6.07, 6.45) is 1.04. The van der Waals surface area contributed by atoms with E-state index in [4.69, 9.17) is 4.74 Å². The van der Waals surface area contributed by atoms with Crippen LogP contribution in [-0.4, -0.2) is 25.7 Å². The molecule has 0 bridgehead atoms. The Hall–Kier alpha value is -1.39. The zero-order valence-electron chi connectivity index (χ0n) is 11.0. The zero-order chi connectivity index (χ0) is 13.0. The summed E-state index contributed by atoms with van der Waals surface area (Å²) in [6.45, 7) is 3.07. The summed E-state index contributed by atoms with van der Waals surface area (Å²) in [7, 11) is 3.65. The number of thiazole rings is 1. The lowest BCUT2D eigenvalue weighted by atomic mass is 10.2. The van der Waals surface area contributed by atoms with Gasteiger partial charge in [-0.1, -0.05) is 0 Å². The maximum Gasteiger partial charge on any atom is 0.123 e. The SMILES string of the molecule is CNCCc1sc(-c2ccc(OC)cc2)nc1C. The summed E-state index contributed by atoms with van der Waals surface area (Å²) in [5, 5.41) is 4.25. The lowest BCUT2D eigenvalue weighted by Crippen LogP contribution is -2.09. The van der Waals surface area contributed by atoms with Crippen LogP contribution < -0.4 is 10.1 Å². The fourth-order valence-corrected chi connectivity index (χ4v) is 2.82. The Kier molecular flexibility index (Phi) is 4.33. The van der Waals surface area contributed by atoms with Crippen molar-refractivity contribution in [3.05, 3.63) is 34.8 Å². The van der Waals surface area contributed by atoms with Gasteiger partial charge in [0.25, 0.3) is 0 Å². The Bertz CT molecular complexity index is 505. The first-order valence-electron chi connectivity index (χ1n) is 6.00. The predicted octanol–water partition coefficient (Wildman–Crippen LogP) is 2.89. The van der Waals surface area contributed by atoms with E-state index in [1.54, 1.807) is 18.4 Å². The van der Waals surface area contributed by atoms with Crippen LogP contribution in [0.3, 0.4) is 0 Å². The van der Waals surface area contributed by atoms with E-state index >= 15 is 0 Å². The number of nitrogens with one attached hydrogen (secondary N) is 1. The van der Waals surface area contributed by atoms with Crippen molar-refractivity contribution in [1.82, 2.24) is 10.3 Å². The number of benzene rings is 1. The largest absolute Gasteiger partial charge is 0.497 e. The average Bonchev–Trinajstić information content (AvgIpc) is 2.78. The van der Waals surface area contributed by atoms with Gasteiger partial charge in [0.05, 0.1) is 12.8 Å². The molecule has 0 saturated heterocycles. The Morgan fingerprint density at radius 3 is 2.61 bits per heavy atom. The summed E-state index contributed by atoms with van der Waals surface area (Å²) in [5.41, 5.74) is 2.29. The van der Waals surface area contributed by atoms with Crippen LogP contribution in [0.2, 0.25) is 0 Å². The molecule has 1 aromatic heterocycles. The molecule has 0 amide bonds. The van der Waals surface area contributed by atoms with Gasteiger partial charge in [0.15, 0.2) is 0 Å². The Labute approximate surface area is 112 Å². The van der Waals surface area contributed by atoms with Crippen LogP contribution in [0.4, 0.5) is 0 Å². The highest BCUT2D eigenvalue weighted by molar-refractivity contribution is 7.15. The quantitative estimate of drug-likeness (QED) is 0.899. The van der Waals surface area contributed by atoms with Crippen molar-refractivity contribution in [3.63, 3.8) is 0 Å². The van der Waals surface area contributed by atoms with Crippen molar-refractivity contribution in [3.8, 4) is 16.3 Å². The van der Waals surface area contributed by atoms with Crippen molar-refractivity contribution < 1.29 is 4.74 Å². The molecule has 1 N–H and O–H groups in total. The third-order valence-corrected chi connectivity index (χ3v) is 4.10. The first-order valence-corrected chi connectivity index (χ1v) is 6.81. The predicted molar refractivity (Wildman–Crippen MR) is 76.5 cm³/mol. The smallest absolute Gasteiger partial charge is 0.123 e. The van der Waals surface area contributed by atoms with Gasteiger partial charge in [-0.15, -0.1) is 11.3 Å². The fourth-order valence-electron chi connectivity index (χ4n) is 1.76. The summed E-state index contributed by atoms with van der Waals surface area (Å²) in [5.74, 6) is 0.877. The summed E-state index contributed by atoms with van der Waals surface area (Å²) in [4.78, 5) is 6.00. The molecule has 0 aliphatic rings. The Balaban J connectivity index is 2.21. The van der Waals surface area contributed by atoms with E-state index in [1.807, 2.05) is 19.2 Å². The summed E-state index contributed by atoms with van der Waals surface area (Å²) < 4.78 is 5.16. The van der Waals surface area contributed by atoms with Crippen molar-refractivity contribution in [2.75, 3.05) is 20.7 Å². The van der Waals surface area contributed by atoms with Gasteiger partial charge in [-0.05, 0) is 51.2 Å². The van der Waals surface area contributed by atoms with Crippen LogP contribution in [0.5, 0.6) is 5.75 Å². The Morgan fingerprint density at radius 1 is 1.28 bits per heavy atom. The number of ether oxygens (including phenoxy) is 1. The minimum Gasteiger partial charge on any atom is -0.497 e. The van der Waals surface area contributed by atoms with Crippen LogP contribution in [0, 0.1) is 6.92 Å². The molecule has 3 nitrogen and oxygen atoms in total. The summed E-state index contributed by atoms with van der Waals surface area (Å²) in [6, 6.07) is 8.05. The standard InChI is InChI=1S/C14H18N2OS/c1-10-13(8-9-15-2)18-14(16-10)11-4-6-12(17-3)7-5-11/h4-7,15H,8-9H2,1-3H3. The van der Waals surface area contributed by atoms with Gasteiger partial charge in [-0.3, -0.25) is 0 Å². The number of hydrogen-bond acceptors (Lipinski definition) is 4. The topological polar surface area (TPSA) is 34.1 Å². The highest BCUT2D eigenvalue weighted by Crippen LogP contribution is 2.29. The van der Waals surface area contributed by atoms with Gasteiger partial charge in [0.1, 0.15) is 10.8 Å². The monoisotopic (exact) mass is 262 g/mol. The van der Waals surface area contributed by atoms with E-state index in [2.05, 4.69) is 29.4 Å². The first kappa shape index (κ1) is 13.1. The van der Waals surface area contributed by atoms with Gasteiger partial charge in [-0.2, -0.15) is 0 Å². The maximum atomic E-state index is 5.16. The fraction of sp³-hybridized carbons (Fsp3) is 0.357. The van der Waals surface area contributed by atoms with E-state index in [1.165, 1.54) is 4.88 Å². The van der Waals surface area contributed by atoms with E-state index in [-0.39, 0.29) is 0 Å². The molecular formula is C14H18N2OS. The molecule has 0 aliphatic heterocycles. The first-order chi connectivity index (χ1) is 8.74. The van der Waals surface area contributed by atoms with Crippen LogP contribution in [-0.2, 0) is 6.42 Å². The van der Waals surface area contributed by atoms with Crippen LogP contribution in [0.1, 0.15) is 10.6 Å². The number of nitrogens with zero attached hydrogens (tertiary/aromatic N) is 1. The van der Waals surface area contributed by atoms with Crippen LogP contribution >= 0.6 is 11.3 Å². The lowest BCUT2D eigenvalue weighted by molar-refractivity contribution is 0.415. The van der Waals surface area contributed by atoms with Crippen molar-refractivity contribution in [2.45, 2.75) is 13.3 Å². The molecule has 4 heteroatoms. The van der Waals surface area contributed by atoms with Crippen LogP contribution in [0.25, 0.3) is 10.6 Å². The molecule has 0 atom stereocenters. The molecule has 0 spiro atoms. The lowest BCUT2D eigenvalue weighted by Gasteiger charge is -2.00. The molecule has 2 aromatic rings. The minimum absolute atomic E-state index is 0.877. The molecule has 0 unspecified atom stereocenters. The molecule has 1 aromatic carbocycles. The van der Waals surface area contributed by atoms with E-state index in [0.29, 0.717) is 0 Å². The molecule has 2 rings (SSSR count). The molecule has 0 radical (unpaired) electrons. The molecule has 0 fully saturated rings. The molecule has 0 saturated carbocycles. The highest BCUT2D eigenvalue weighted by Gasteiger charge is 2.09. The van der Waals surface area contributed by atoms with Gasteiger partial charge in [-0.25, -0.2) is 4.98 Å². The minimum atomic E-state index is 0.877. The maximum absolute atomic E-state index is 5.16. The van der Waals surface area contributed by atoms with Gasteiger partial charge in [0.2, 0.25) is 0 Å². The number of likely N-dealkylation sites (N-methyl/N-ethyl adjacent to an activating group) is 1. The van der Waals surface area contributed by atoms with Gasteiger partial charge < -0.3 is 10.1 Å². The van der Waals surface area contributed by atoms with Crippen LogP contribution in [0.15, 0.2) is 24.3 Å². The number of methoxy groups -OCH3 is 1. The van der Waals surface area contributed by atoms with Crippen molar-refractivity contribution in [1.29, 1.82) is 0 Å². The van der Waals surface area contributed by atoms with Crippen molar-refractivity contribution in [2.24, 2.45) is 0 Å². The third-order valence-electron chi connectivity index (χ3n) is 2.83. The highest BCUT2D eigenvalue weighted by atomic mass is 32.1. The summed E-state index contributed by atoms with van der Waals surface area (Å²) >= 11 is 1.77. The van der Waals surface area contributed by atoms with Gasteiger partial charge in [0, 0.05) is 10.4 Å². The second-order valence-corrected chi connectivity index (χ2v) is 5.19. The normalized spacial score (nSPS) is 10.6. The third kappa shape index (κ3) is 2.89. The number of hydrogen-bond donors (Lipinski definition) is 1. The average molecular weight is 262 g/mol. The molecular weight excluding hydrogens is 244 g/mol. The number of rotatable bonds is 5. The van der Waals surface area contributed by atoms with E-state index in [0.717, 1.165) is 35.0 Å². The number of aryl methyl sites for hydroxylation is 1. The number of aromatic nitrogens is 1. The molecule has 1 heterocycles. The van der Waals surface area contributed by atoms with Gasteiger partial charge >= 0.3 is 0 Å². The van der Waals surface area contributed by atoms with Crippen molar-refractivity contribution >= 4 is 11.3 Å². The van der Waals surface area contributed by atoms with E-state index in [9.17, 15) is 0 Å². The molecule has 96 valence electrons. The second-order valence-electron chi connectivity index (χ2n) is 4.11. The van der Waals surface area contributed by atoms with E-state index < -0.39 is 0 Å².